The van der Waals surface area contributed by atoms with Crippen LogP contribution in [0.25, 0.3) is 0 Å². The van der Waals surface area contributed by atoms with Gasteiger partial charge in [-0.15, -0.1) is 0 Å². The molecule has 0 saturated carbocycles. The van der Waals surface area contributed by atoms with E-state index in [1.165, 1.54) is 11.1 Å². The van der Waals surface area contributed by atoms with E-state index in [2.05, 4.69) is 90.5 Å². The first-order valence-electron chi connectivity index (χ1n) is 7.15. The van der Waals surface area contributed by atoms with Gasteiger partial charge >= 0.3 is 0 Å². The molecule has 0 aliphatic rings. The third-order valence-electron chi connectivity index (χ3n) is 3.35. The molecule has 1 nitrogen and oxygen atoms in total. The first kappa shape index (κ1) is 15.1. The molecule has 1 unspecified atom stereocenters. The zero-order valence-electron chi connectivity index (χ0n) is 12.4. The van der Waals surface area contributed by atoms with Crippen LogP contribution in [0.4, 0.5) is 5.69 Å². The summed E-state index contributed by atoms with van der Waals surface area (Å²) in [6.07, 6.45) is 1.15. The van der Waals surface area contributed by atoms with Crippen molar-refractivity contribution in [3.8, 4) is 0 Å². The number of benzene rings is 2. The molecule has 2 rings (SSSR count). The SMILES string of the molecule is CC(C)Cc1ccc(C(C)Nc2ccc(Br)cc2)cc1. The second-order valence-electron chi connectivity index (χ2n) is 5.71. The first-order chi connectivity index (χ1) is 9.54. The second kappa shape index (κ2) is 6.94. The standard InChI is InChI=1S/C18H22BrN/c1-13(2)12-15-4-6-16(7-5-15)14(3)20-18-10-8-17(19)9-11-18/h4-11,13-14,20H,12H2,1-3H3. The van der Waals surface area contributed by atoms with Gasteiger partial charge in [0.05, 0.1) is 0 Å². The van der Waals surface area contributed by atoms with Gasteiger partial charge in [0.15, 0.2) is 0 Å². The van der Waals surface area contributed by atoms with Gasteiger partial charge in [-0.05, 0) is 54.7 Å². The first-order valence-corrected chi connectivity index (χ1v) is 7.95. The molecule has 0 heterocycles. The van der Waals surface area contributed by atoms with Crippen molar-refractivity contribution in [2.75, 3.05) is 5.32 Å². The van der Waals surface area contributed by atoms with Crippen LogP contribution in [0.15, 0.2) is 53.0 Å². The number of nitrogens with one attached hydrogen (secondary N) is 1. The van der Waals surface area contributed by atoms with E-state index in [4.69, 9.17) is 0 Å². The van der Waals surface area contributed by atoms with Crippen molar-refractivity contribution in [2.45, 2.75) is 33.2 Å². The average molecular weight is 332 g/mol. The lowest BCUT2D eigenvalue weighted by Gasteiger charge is -2.16. The maximum absolute atomic E-state index is 3.52. The van der Waals surface area contributed by atoms with Gasteiger partial charge in [0.1, 0.15) is 0 Å². The van der Waals surface area contributed by atoms with E-state index in [1.54, 1.807) is 0 Å². The van der Waals surface area contributed by atoms with E-state index in [9.17, 15) is 0 Å². The van der Waals surface area contributed by atoms with Crippen LogP contribution in [-0.4, -0.2) is 0 Å². The van der Waals surface area contributed by atoms with Crippen molar-refractivity contribution in [3.63, 3.8) is 0 Å². The Morgan fingerprint density at radius 1 is 0.900 bits per heavy atom. The smallest absolute Gasteiger partial charge is 0.0485 e. The highest BCUT2D eigenvalue weighted by atomic mass is 79.9. The van der Waals surface area contributed by atoms with Gasteiger partial charge in [-0.2, -0.15) is 0 Å². The highest BCUT2D eigenvalue weighted by molar-refractivity contribution is 9.10. The number of anilines is 1. The maximum atomic E-state index is 3.52. The third kappa shape index (κ3) is 4.38. The van der Waals surface area contributed by atoms with Crippen molar-refractivity contribution < 1.29 is 0 Å². The molecule has 2 heteroatoms. The molecule has 1 atom stereocenters. The molecule has 106 valence electrons. The summed E-state index contributed by atoms with van der Waals surface area (Å²) in [5.41, 5.74) is 3.88. The van der Waals surface area contributed by atoms with Gasteiger partial charge in [0.25, 0.3) is 0 Å². The summed E-state index contributed by atoms with van der Waals surface area (Å²) in [4.78, 5) is 0. The second-order valence-corrected chi connectivity index (χ2v) is 6.63. The Labute approximate surface area is 130 Å². The van der Waals surface area contributed by atoms with E-state index in [0.29, 0.717) is 12.0 Å². The summed E-state index contributed by atoms with van der Waals surface area (Å²) in [7, 11) is 0. The third-order valence-corrected chi connectivity index (χ3v) is 3.88. The Bertz CT molecular complexity index is 528. The average Bonchev–Trinajstić information content (AvgIpc) is 2.41. The zero-order valence-corrected chi connectivity index (χ0v) is 13.9. The number of hydrogen-bond donors (Lipinski definition) is 1. The normalized spacial score (nSPS) is 12.4. The minimum atomic E-state index is 0.310. The molecule has 0 bridgehead atoms. The molecule has 0 aromatic heterocycles. The fraction of sp³-hybridized carbons (Fsp3) is 0.333. The van der Waals surface area contributed by atoms with Crippen LogP contribution in [0.2, 0.25) is 0 Å². The van der Waals surface area contributed by atoms with Crippen LogP contribution in [0.5, 0.6) is 0 Å². The number of rotatable bonds is 5. The largest absolute Gasteiger partial charge is 0.379 e. The van der Waals surface area contributed by atoms with Gasteiger partial charge in [-0.3, -0.25) is 0 Å². The fourth-order valence-electron chi connectivity index (χ4n) is 2.29. The minimum absolute atomic E-state index is 0.310. The number of halogens is 1. The van der Waals surface area contributed by atoms with Crippen molar-refractivity contribution in [2.24, 2.45) is 5.92 Å². The van der Waals surface area contributed by atoms with Crippen LogP contribution in [0.1, 0.15) is 37.9 Å². The van der Waals surface area contributed by atoms with Gasteiger partial charge in [-0.1, -0.05) is 54.0 Å². The van der Waals surface area contributed by atoms with E-state index in [0.717, 1.165) is 16.6 Å². The lowest BCUT2D eigenvalue weighted by molar-refractivity contribution is 0.647. The monoisotopic (exact) mass is 331 g/mol. The minimum Gasteiger partial charge on any atom is -0.379 e. The highest BCUT2D eigenvalue weighted by Crippen LogP contribution is 2.21. The molecule has 0 fully saturated rings. The molecule has 2 aromatic carbocycles. The predicted octanol–water partition coefficient (Wildman–Crippen LogP) is 5.82. The summed E-state index contributed by atoms with van der Waals surface area (Å²) in [6.45, 7) is 6.71. The summed E-state index contributed by atoms with van der Waals surface area (Å²) >= 11 is 3.46. The molecule has 0 aliphatic heterocycles. The van der Waals surface area contributed by atoms with Crippen LogP contribution in [0, 0.1) is 5.92 Å². The Morgan fingerprint density at radius 3 is 2.05 bits per heavy atom. The van der Waals surface area contributed by atoms with E-state index in [-0.39, 0.29) is 0 Å². The number of hydrogen-bond acceptors (Lipinski definition) is 1. The maximum Gasteiger partial charge on any atom is 0.0485 e. The van der Waals surface area contributed by atoms with Crippen LogP contribution in [-0.2, 0) is 6.42 Å². The van der Waals surface area contributed by atoms with E-state index < -0.39 is 0 Å². The van der Waals surface area contributed by atoms with Crippen molar-refractivity contribution in [1.82, 2.24) is 0 Å². The molecule has 0 aliphatic carbocycles. The summed E-state index contributed by atoms with van der Waals surface area (Å²) < 4.78 is 1.11. The summed E-state index contributed by atoms with van der Waals surface area (Å²) in [5, 5.41) is 3.52. The molecular weight excluding hydrogens is 310 g/mol. The molecular formula is C18H22BrN. The Morgan fingerprint density at radius 2 is 1.50 bits per heavy atom. The van der Waals surface area contributed by atoms with E-state index in [1.807, 2.05) is 0 Å². The van der Waals surface area contributed by atoms with Crippen LogP contribution >= 0.6 is 15.9 Å². The van der Waals surface area contributed by atoms with Gasteiger partial charge in [0, 0.05) is 16.2 Å². The Balaban J connectivity index is 2.01. The quantitative estimate of drug-likeness (QED) is 0.727. The van der Waals surface area contributed by atoms with Crippen molar-refractivity contribution in [3.05, 3.63) is 64.1 Å². The lowest BCUT2D eigenvalue weighted by Crippen LogP contribution is -2.06. The molecule has 0 spiro atoms. The molecule has 0 radical (unpaired) electrons. The van der Waals surface area contributed by atoms with E-state index >= 15 is 0 Å². The predicted molar refractivity (Wildman–Crippen MR) is 91.2 cm³/mol. The van der Waals surface area contributed by atoms with Crippen LogP contribution in [0.3, 0.4) is 0 Å². The summed E-state index contributed by atoms with van der Waals surface area (Å²) in [6, 6.07) is 17.6. The van der Waals surface area contributed by atoms with Gasteiger partial charge in [-0.25, -0.2) is 0 Å². The Kier molecular flexibility index (Phi) is 5.24. The molecule has 2 aromatic rings. The van der Waals surface area contributed by atoms with Gasteiger partial charge in [0.2, 0.25) is 0 Å². The fourth-order valence-corrected chi connectivity index (χ4v) is 2.56. The molecule has 20 heavy (non-hydrogen) atoms. The van der Waals surface area contributed by atoms with Crippen molar-refractivity contribution in [1.29, 1.82) is 0 Å². The summed E-state index contributed by atoms with van der Waals surface area (Å²) in [5.74, 6) is 0.708. The van der Waals surface area contributed by atoms with Crippen LogP contribution < -0.4 is 5.32 Å². The topological polar surface area (TPSA) is 12.0 Å². The molecule has 1 N–H and O–H groups in total. The zero-order chi connectivity index (χ0) is 14.5. The van der Waals surface area contributed by atoms with Crippen molar-refractivity contribution >= 4 is 21.6 Å². The highest BCUT2D eigenvalue weighted by Gasteiger charge is 2.06. The lowest BCUT2D eigenvalue weighted by atomic mass is 10.00. The Hall–Kier alpha value is -1.28. The molecule has 0 saturated heterocycles. The van der Waals surface area contributed by atoms with Gasteiger partial charge < -0.3 is 5.32 Å². The molecule has 0 amide bonds.